The monoisotopic (exact) mass is 412 g/mol. The zero-order valence-electron chi connectivity index (χ0n) is 12.8. The molecule has 1 N–H and O–H groups in total. The maximum atomic E-state index is 10.1. The topological polar surface area (TPSA) is 26.7 Å². The van der Waals surface area contributed by atoms with Gasteiger partial charge in [-0.25, -0.2) is 0 Å². The SMILES string of the molecule is CCN(CCCN(C)C)Cc1cc(I)cc(C)c1O.Cl. The average molecular weight is 413 g/mol. The molecule has 20 heavy (non-hydrogen) atoms. The van der Waals surface area contributed by atoms with E-state index in [4.69, 9.17) is 0 Å². The molecule has 0 aliphatic rings. The van der Waals surface area contributed by atoms with Gasteiger partial charge in [0, 0.05) is 15.7 Å². The minimum Gasteiger partial charge on any atom is -0.507 e. The summed E-state index contributed by atoms with van der Waals surface area (Å²) in [6.45, 7) is 8.15. The number of nitrogens with zero attached hydrogens (tertiary/aromatic N) is 2. The van der Waals surface area contributed by atoms with Crippen LogP contribution in [0.3, 0.4) is 0 Å². The molecule has 1 rings (SSSR count). The molecule has 3 nitrogen and oxygen atoms in total. The van der Waals surface area contributed by atoms with Crippen molar-refractivity contribution in [2.75, 3.05) is 33.7 Å². The molecule has 1 aromatic rings. The van der Waals surface area contributed by atoms with Crippen LogP contribution in [-0.4, -0.2) is 48.6 Å². The Kier molecular flexibility index (Phi) is 9.80. The van der Waals surface area contributed by atoms with Gasteiger partial charge in [-0.15, -0.1) is 12.4 Å². The second-order valence-corrected chi connectivity index (χ2v) is 6.50. The van der Waals surface area contributed by atoms with Crippen LogP contribution < -0.4 is 0 Å². The van der Waals surface area contributed by atoms with Crippen molar-refractivity contribution in [1.29, 1.82) is 0 Å². The summed E-state index contributed by atoms with van der Waals surface area (Å²) in [6, 6.07) is 4.10. The van der Waals surface area contributed by atoms with Gasteiger partial charge in [0.1, 0.15) is 5.75 Å². The van der Waals surface area contributed by atoms with Crippen LogP contribution in [0, 0.1) is 10.5 Å². The normalized spacial score (nSPS) is 10.9. The molecule has 5 heteroatoms. The van der Waals surface area contributed by atoms with Gasteiger partial charge in [0.05, 0.1) is 0 Å². The minimum absolute atomic E-state index is 0. The second kappa shape index (κ2) is 9.82. The summed E-state index contributed by atoms with van der Waals surface area (Å²) in [5, 5.41) is 10.1. The zero-order valence-corrected chi connectivity index (χ0v) is 15.8. The molecule has 0 fully saturated rings. The minimum atomic E-state index is 0. The van der Waals surface area contributed by atoms with E-state index in [9.17, 15) is 5.11 Å². The summed E-state index contributed by atoms with van der Waals surface area (Å²) >= 11 is 2.31. The van der Waals surface area contributed by atoms with Gasteiger partial charge in [-0.2, -0.15) is 0 Å². The molecule has 1 aromatic carbocycles. The third-order valence-corrected chi connectivity index (χ3v) is 3.89. The lowest BCUT2D eigenvalue weighted by Crippen LogP contribution is -2.27. The summed E-state index contributed by atoms with van der Waals surface area (Å²) in [4.78, 5) is 4.59. The highest BCUT2D eigenvalue weighted by molar-refractivity contribution is 14.1. The van der Waals surface area contributed by atoms with Gasteiger partial charge in [-0.05, 0) is 87.4 Å². The number of rotatable bonds is 7. The summed E-state index contributed by atoms with van der Waals surface area (Å²) in [5.74, 6) is 0.450. The van der Waals surface area contributed by atoms with Crippen molar-refractivity contribution in [3.05, 3.63) is 26.8 Å². The lowest BCUT2D eigenvalue weighted by molar-refractivity contribution is 0.256. The van der Waals surface area contributed by atoms with Crippen molar-refractivity contribution >= 4 is 35.0 Å². The zero-order chi connectivity index (χ0) is 14.4. The largest absolute Gasteiger partial charge is 0.507 e. The molecule has 0 amide bonds. The lowest BCUT2D eigenvalue weighted by Gasteiger charge is -2.22. The number of benzene rings is 1. The number of aryl methyl sites for hydroxylation is 1. The number of aromatic hydroxyl groups is 1. The van der Waals surface area contributed by atoms with E-state index in [0.717, 1.165) is 43.7 Å². The quantitative estimate of drug-likeness (QED) is 0.694. The van der Waals surface area contributed by atoms with Crippen LogP contribution in [0.4, 0.5) is 0 Å². The average Bonchev–Trinajstić information content (AvgIpc) is 2.33. The Labute approximate surface area is 142 Å². The van der Waals surface area contributed by atoms with Gasteiger partial charge in [-0.3, -0.25) is 4.90 Å². The van der Waals surface area contributed by atoms with Gasteiger partial charge in [0.2, 0.25) is 0 Å². The van der Waals surface area contributed by atoms with Crippen LogP contribution in [0.15, 0.2) is 12.1 Å². The first-order valence-electron chi connectivity index (χ1n) is 6.79. The lowest BCUT2D eigenvalue weighted by atomic mass is 10.1. The Bertz CT molecular complexity index is 413. The molecule has 0 saturated carbocycles. The predicted molar refractivity (Wildman–Crippen MR) is 96.9 cm³/mol. The highest BCUT2D eigenvalue weighted by Crippen LogP contribution is 2.26. The summed E-state index contributed by atoms with van der Waals surface area (Å²) in [7, 11) is 4.20. The van der Waals surface area contributed by atoms with Crippen molar-refractivity contribution in [1.82, 2.24) is 9.80 Å². The van der Waals surface area contributed by atoms with Crippen LogP contribution in [0.25, 0.3) is 0 Å². The predicted octanol–water partition coefficient (Wildman–Crippen LogP) is 3.50. The molecular weight excluding hydrogens is 387 g/mol. The smallest absolute Gasteiger partial charge is 0.123 e. The van der Waals surface area contributed by atoms with Crippen molar-refractivity contribution in [3.63, 3.8) is 0 Å². The Morgan fingerprint density at radius 3 is 2.40 bits per heavy atom. The molecule has 0 aliphatic heterocycles. The molecule has 116 valence electrons. The summed E-state index contributed by atoms with van der Waals surface area (Å²) < 4.78 is 1.19. The number of phenolic OH excluding ortho intramolecular Hbond substituents is 1. The van der Waals surface area contributed by atoms with Crippen molar-refractivity contribution < 1.29 is 5.11 Å². The van der Waals surface area contributed by atoms with E-state index in [2.05, 4.69) is 59.5 Å². The Morgan fingerprint density at radius 2 is 1.85 bits per heavy atom. The first-order valence-corrected chi connectivity index (χ1v) is 7.87. The van der Waals surface area contributed by atoms with E-state index in [0.29, 0.717) is 5.75 Å². The number of halogens is 2. The molecule has 0 spiro atoms. The van der Waals surface area contributed by atoms with Crippen molar-refractivity contribution in [2.45, 2.75) is 26.8 Å². The molecular formula is C15H26ClIN2O. The van der Waals surface area contributed by atoms with Crippen LogP contribution >= 0.6 is 35.0 Å². The third kappa shape index (κ3) is 6.61. The fourth-order valence-electron chi connectivity index (χ4n) is 2.13. The number of phenols is 1. The number of hydrogen-bond acceptors (Lipinski definition) is 3. The van der Waals surface area contributed by atoms with E-state index in [1.165, 1.54) is 3.57 Å². The van der Waals surface area contributed by atoms with Crippen LogP contribution in [0.2, 0.25) is 0 Å². The molecule has 0 atom stereocenters. The van der Waals surface area contributed by atoms with Crippen molar-refractivity contribution in [3.8, 4) is 5.75 Å². The summed E-state index contributed by atoms with van der Waals surface area (Å²) in [6.07, 6.45) is 1.16. The van der Waals surface area contributed by atoms with E-state index in [1.54, 1.807) is 0 Å². The van der Waals surface area contributed by atoms with Gasteiger partial charge in [0.15, 0.2) is 0 Å². The highest BCUT2D eigenvalue weighted by atomic mass is 127. The standard InChI is InChI=1S/C15H25IN2O.ClH/c1-5-18(8-6-7-17(3)4)11-13-10-14(16)9-12(2)15(13)19;/h9-10,19H,5-8,11H2,1-4H3;1H. The first-order chi connectivity index (χ1) is 8.93. The van der Waals surface area contributed by atoms with Gasteiger partial charge in [-0.1, -0.05) is 6.92 Å². The first kappa shape index (κ1) is 20.0. The third-order valence-electron chi connectivity index (χ3n) is 3.27. The van der Waals surface area contributed by atoms with Gasteiger partial charge < -0.3 is 10.0 Å². The molecule has 0 aromatic heterocycles. The van der Waals surface area contributed by atoms with E-state index < -0.39 is 0 Å². The second-order valence-electron chi connectivity index (χ2n) is 5.26. The Hall–Kier alpha value is -0.0400. The molecule has 0 saturated heterocycles. The maximum absolute atomic E-state index is 10.1. The molecule has 0 heterocycles. The fourth-order valence-corrected chi connectivity index (χ4v) is 2.97. The Morgan fingerprint density at radius 1 is 1.20 bits per heavy atom. The van der Waals surface area contributed by atoms with Gasteiger partial charge >= 0.3 is 0 Å². The fraction of sp³-hybridized carbons (Fsp3) is 0.600. The van der Waals surface area contributed by atoms with Gasteiger partial charge in [0.25, 0.3) is 0 Å². The Balaban J connectivity index is 0.00000361. The highest BCUT2D eigenvalue weighted by Gasteiger charge is 2.10. The molecule has 0 bridgehead atoms. The molecule has 0 aliphatic carbocycles. The van der Waals surface area contributed by atoms with E-state index in [1.807, 2.05) is 13.0 Å². The molecule has 0 unspecified atom stereocenters. The molecule has 0 radical (unpaired) electrons. The van der Waals surface area contributed by atoms with E-state index in [-0.39, 0.29) is 12.4 Å². The van der Waals surface area contributed by atoms with Crippen molar-refractivity contribution in [2.24, 2.45) is 0 Å². The maximum Gasteiger partial charge on any atom is 0.123 e. The number of hydrogen-bond donors (Lipinski definition) is 1. The van der Waals surface area contributed by atoms with Crippen LogP contribution in [-0.2, 0) is 6.54 Å². The summed E-state index contributed by atoms with van der Waals surface area (Å²) in [5.41, 5.74) is 2.00. The van der Waals surface area contributed by atoms with E-state index >= 15 is 0 Å². The van der Waals surface area contributed by atoms with Crippen LogP contribution in [0.1, 0.15) is 24.5 Å². The van der Waals surface area contributed by atoms with Crippen LogP contribution in [0.5, 0.6) is 5.75 Å².